The number of hydrogen-bond donors (Lipinski definition) is 2. The van der Waals surface area contributed by atoms with E-state index in [9.17, 15) is 0 Å². The Morgan fingerprint density at radius 1 is 1.24 bits per heavy atom. The van der Waals surface area contributed by atoms with Crippen LogP contribution < -0.4 is 10.6 Å². The molecule has 4 nitrogen and oxygen atoms in total. The smallest absolute Gasteiger partial charge is 0.184 e. The maximum Gasteiger partial charge on any atom is 0.184 e. The number of fused-ring (bicyclic) bond motifs is 1. The minimum absolute atomic E-state index is 0.0978. The van der Waals surface area contributed by atoms with Crippen LogP contribution in [0.2, 0.25) is 0 Å². The fraction of sp³-hybridized carbons (Fsp3) is 0.417. The van der Waals surface area contributed by atoms with E-state index in [1.54, 1.807) is 0 Å². The molecule has 0 radical (unpaired) electrons. The molecule has 0 aromatic heterocycles. The van der Waals surface area contributed by atoms with Gasteiger partial charge in [-0.15, -0.1) is 0 Å². The lowest BCUT2D eigenvalue weighted by Crippen LogP contribution is -2.62. The third-order valence-corrected chi connectivity index (χ3v) is 3.29. The first-order valence-corrected chi connectivity index (χ1v) is 6.10. The van der Waals surface area contributed by atoms with Crippen LogP contribution in [0.25, 0.3) is 0 Å². The van der Waals surface area contributed by atoms with Gasteiger partial charge in [0, 0.05) is 12.1 Å². The second kappa shape index (κ2) is 4.60. The third kappa shape index (κ3) is 2.26. The molecule has 1 aromatic carbocycles. The minimum Gasteiger partial charge on any atom is -0.360 e. The Kier molecular flexibility index (Phi) is 2.96. The SMILES string of the molecule is S=C1NC[C@@H]2OC(c3ccccc3)OC[C@H]2N1. The van der Waals surface area contributed by atoms with Crippen molar-refractivity contribution in [3.63, 3.8) is 0 Å². The zero-order valence-corrected chi connectivity index (χ0v) is 10.1. The van der Waals surface area contributed by atoms with Crippen molar-refractivity contribution >= 4 is 17.3 Å². The van der Waals surface area contributed by atoms with Crippen molar-refractivity contribution in [2.75, 3.05) is 13.2 Å². The van der Waals surface area contributed by atoms with E-state index in [-0.39, 0.29) is 18.4 Å². The summed E-state index contributed by atoms with van der Waals surface area (Å²) in [5.41, 5.74) is 1.05. The Morgan fingerprint density at radius 2 is 2.06 bits per heavy atom. The fourth-order valence-electron chi connectivity index (χ4n) is 2.11. The molecule has 3 atom stereocenters. The van der Waals surface area contributed by atoms with Crippen molar-refractivity contribution in [1.82, 2.24) is 10.6 Å². The van der Waals surface area contributed by atoms with E-state index in [0.29, 0.717) is 11.7 Å². The Labute approximate surface area is 105 Å². The van der Waals surface area contributed by atoms with Gasteiger partial charge in [-0.1, -0.05) is 30.3 Å². The first kappa shape index (κ1) is 11.0. The number of benzene rings is 1. The summed E-state index contributed by atoms with van der Waals surface area (Å²) < 4.78 is 11.6. The summed E-state index contributed by atoms with van der Waals surface area (Å²) in [6, 6.07) is 10.1. The van der Waals surface area contributed by atoms with E-state index < -0.39 is 0 Å². The Bertz CT molecular complexity index is 412. The lowest BCUT2D eigenvalue weighted by molar-refractivity contribution is -0.227. The average molecular weight is 250 g/mol. The largest absolute Gasteiger partial charge is 0.360 e. The molecule has 0 amide bonds. The molecule has 2 N–H and O–H groups in total. The molecule has 2 aliphatic heterocycles. The molecule has 2 saturated heterocycles. The number of hydrogen-bond acceptors (Lipinski definition) is 3. The second-order valence-corrected chi connectivity index (χ2v) is 4.62. The van der Waals surface area contributed by atoms with Crippen LogP contribution in [0.1, 0.15) is 11.9 Å². The van der Waals surface area contributed by atoms with Crippen molar-refractivity contribution in [3.05, 3.63) is 35.9 Å². The fourth-order valence-corrected chi connectivity index (χ4v) is 2.35. The second-order valence-electron chi connectivity index (χ2n) is 4.21. The predicted octanol–water partition coefficient (Wildman–Crippen LogP) is 0.947. The van der Waals surface area contributed by atoms with Crippen LogP contribution in [-0.4, -0.2) is 30.4 Å². The number of nitrogens with one attached hydrogen (secondary N) is 2. The van der Waals surface area contributed by atoms with Gasteiger partial charge in [-0.2, -0.15) is 0 Å². The van der Waals surface area contributed by atoms with Crippen LogP contribution >= 0.6 is 12.2 Å². The monoisotopic (exact) mass is 250 g/mol. The van der Waals surface area contributed by atoms with Gasteiger partial charge in [0.25, 0.3) is 0 Å². The average Bonchev–Trinajstić information content (AvgIpc) is 2.39. The summed E-state index contributed by atoms with van der Waals surface area (Å²) >= 11 is 5.06. The first-order chi connectivity index (χ1) is 8.33. The van der Waals surface area contributed by atoms with Crippen molar-refractivity contribution in [1.29, 1.82) is 0 Å². The van der Waals surface area contributed by atoms with Gasteiger partial charge in [-0.25, -0.2) is 0 Å². The van der Waals surface area contributed by atoms with Gasteiger partial charge in [0.1, 0.15) is 6.10 Å². The van der Waals surface area contributed by atoms with Crippen molar-refractivity contribution in [3.8, 4) is 0 Å². The van der Waals surface area contributed by atoms with Gasteiger partial charge in [0.2, 0.25) is 0 Å². The predicted molar refractivity (Wildman–Crippen MR) is 67.5 cm³/mol. The molecular formula is C12H14N2O2S. The quantitative estimate of drug-likeness (QED) is 0.726. The van der Waals surface area contributed by atoms with E-state index in [2.05, 4.69) is 10.6 Å². The molecule has 0 bridgehead atoms. The summed E-state index contributed by atoms with van der Waals surface area (Å²) in [5, 5.41) is 6.93. The molecule has 2 fully saturated rings. The maximum absolute atomic E-state index is 5.92. The Morgan fingerprint density at radius 3 is 2.88 bits per heavy atom. The molecule has 1 unspecified atom stereocenters. The van der Waals surface area contributed by atoms with Crippen molar-refractivity contribution in [2.45, 2.75) is 18.4 Å². The van der Waals surface area contributed by atoms with Gasteiger partial charge >= 0.3 is 0 Å². The molecular weight excluding hydrogens is 236 g/mol. The Balaban J connectivity index is 1.70. The summed E-state index contributed by atoms with van der Waals surface area (Å²) in [6.45, 7) is 1.36. The topological polar surface area (TPSA) is 42.5 Å². The zero-order chi connectivity index (χ0) is 11.7. The maximum atomic E-state index is 5.92. The molecule has 0 aliphatic carbocycles. The summed E-state index contributed by atoms with van der Waals surface area (Å²) in [4.78, 5) is 0. The van der Waals surface area contributed by atoms with E-state index in [1.807, 2.05) is 30.3 Å². The number of thiocarbonyl (C=S) groups is 1. The van der Waals surface area contributed by atoms with Crippen LogP contribution in [0.3, 0.4) is 0 Å². The molecule has 2 aliphatic rings. The summed E-state index contributed by atoms with van der Waals surface area (Å²) in [5.74, 6) is 0. The highest BCUT2D eigenvalue weighted by molar-refractivity contribution is 7.80. The zero-order valence-electron chi connectivity index (χ0n) is 9.26. The first-order valence-electron chi connectivity index (χ1n) is 5.69. The standard InChI is InChI=1S/C12H14N2O2S/c17-12-13-6-10-9(14-12)7-15-11(16-10)8-4-2-1-3-5-8/h1-5,9-11H,6-7H2,(H2,13,14,17)/t9-,10+,11?/m1/s1. The molecule has 3 rings (SSSR count). The molecule has 0 saturated carbocycles. The lowest BCUT2D eigenvalue weighted by Gasteiger charge is -2.40. The van der Waals surface area contributed by atoms with E-state index in [0.717, 1.165) is 12.1 Å². The van der Waals surface area contributed by atoms with Crippen LogP contribution in [0, 0.1) is 0 Å². The summed E-state index contributed by atoms with van der Waals surface area (Å²) in [6.07, 6.45) is -0.173. The number of ether oxygens (including phenoxy) is 2. The van der Waals surface area contributed by atoms with Gasteiger partial charge in [-0.3, -0.25) is 0 Å². The molecule has 1 aromatic rings. The molecule has 5 heteroatoms. The number of rotatable bonds is 1. The van der Waals surface area contributed by atoms with E-state index >= 15 is 0 Å². The van der Waals surface area contributed by atoms with Crippen molar-refractivity contribution in [2.24, 2.45) is 0 Å². The minimum atomic E-state index is -0.271. The van der Waals surface area contributed by atoms with Gasteiger partial charge < -0.3 is 20.1 Å². The lowest BCUT2D eigenvalue weighted by atomic mass is 10.1. The highest BCUT2D eigenvalue weighted by atomic mass is 32.1. The molecule has 17 heavy (non-hydrogen) atoms. The van der Waals surface area contributed by atoms with E-state index in [4.69, 9.17) is 21.7 Å². The molecule has 0 spiro atoms. The van der Waals surface area contributed by atoms with Crippen LogP contribution in [0.15, 0.2) is 30.3 Å². The normalized spacial score (nSPS) is 32.2. The molecule has 90 valence electrons. The van der Waals surface area contributed by atoms with Crippen LogP contribution in [-0.2, 0) is 9.47 Å². The third-order valence-electron chi connectivity index (χ3n) is 3.03. The molecule has 2 heterocycles. The van der Waals surface area contributed by atoms with Crippen LogP contribution in [0.5, 0.6) is 0 Å². The summed E-state index contributed by atoms with van der Waals surface area (Å²) in [7, 11) is 0. The van der Waals surface area contributed by atoms with E-state index in [1.165, 1.54) is 0 Å². The highest BCUT2D eigenvalue weighted by Crippen LogP contribution is 2.26. The Hall–Kier alpha value is -1.17. The van der Waals surface area contributed by atoms with Gasteiger partial charge in [0.05, 0.1) is 12.6 Å². The van der Waals surface area contributed by atoms with Crippen LogP contribution in [0.4, 0.5) is 0 Å². The van der Waals surface area contributed by atoms with Crippen molar-refractivity contribution < 1.29 is 9.47 Å². The van der Waals surface area contributed by atoms with Gasteiger partial charge in [-0.05, 0) is 12.2 Å². The van der Waals surface area contributed by atoms with Gasteiger partial charge in [0.15, 0.2) is 11.4 Å². The highest BCUT2D eigenvalue weighted by Gasteiger charge is 2.35.